The van der Waals surface area contributed by atoms with Crippen LogP contribution in [0, 0.1) is 5.92 Å². The number of hydrogen-bond acceptors (Lipinski definition) is 5. The molecule has 0 saturated heterocycles. The SMILES string of the molecule is C=CC(O)C(COC)C(=NOC(=O)c1ccccc1)c1ccccc1. The van der Waals surface area contributed by atoms with Crippen LogP contribution in [0.2, 0.25) is 0 Å². The smallest absolute Gasteiger partial charge is 0.365 e. The Kier molecular flexibility index (Phi) is 7.07. The van der Waals surface area contributed by atoms with E-state index in [9.17, 15) is 9.90 Å². The van der Waals surface area contributed by atoms with E-state index in [1.165, 1.54) is 13.2 Å². The third-order valence-electron chi connectivity index (χ3n) is 3.66. The zero-order valence-electron chi connectivity index (χ0n) is 14.0. The average molecular weight is 339 g/mol. The molecule has 2 rings (SSSR count). The fourth-order valence-corrected chi connectivity index (χ4v) is 2.34. The maximum Gasteiger partial charge on any atom is 0.365 e. The molecule has 0 amide bonds. The summed E-state index contributed by atoms with van der Waals surface area (Å²) in [6.45, 7) is 3.81. The molecule has 2 atom stereocenters. The Morgan fingerprint density at radius 3 is 2.20 bits per heavy atom. The van der Waals surface area contributed by atoms with Gasteiger partial charge in [0.05, 0.1) is 29.9 Å². The largest absolute Gasteiger partial charge is 0.388 e. The number of nitrogens with zero attached hydrogens (tertiary/aromatic N) is 1. The molecule has 0 heterocycles. The summed E-state index contributed by atoms with van der Waals surface area (Å²) in [7, 11) is 1.53. The third kappa shape index (κ3) is 5.11. The molecule has 1 N–H and O–H groups in total. The molecule has 2 unspecified atom stereocenters. The number of oxime groups is 1. The van der Waals surface area contributed by atoms with Gasteiger partial charge in [-0.25, -0.2) is 4.79 Å². The Hall–Kier alpha value is -2.76. The van der Waals surface area contributed by atoms with Crippen LogP contribution in [0.4, 0.5) is 0 Å². The second-order valence-electron chi connectivity index (χ2n) is 5.38. The molecule has 0 spiro atoms. The van der Waals surface area contributed by atoms with Gasteiger partial charge in [0, 0.05) is 7.11 Å². The first-order valence-corrected chi connectivity index (χ1v) is 7.86. The molecule has 0 radical (unpaired) electrons. The summed E-state index contributed by atoms with van der Waals surface area (Å²) in [4.78, 5) is 17.3. The molecular formula is C20H21NO4. The van der Waals surface area contributed by atoms with Gasteiger partial charge in [-0.3, -0.25) is 0 Å². The van der Waals surface area contributed by atoms with Crippen LogP contribution in [-0.4, -0.2) is 36.6 Å². The van der Waals surface area contributed by atoms with E-state index < -0.39 is 18.0 Å². The Morgan fingerprint density at radius 2 is 1.68 bits per heavy atom. The summed E-state index contributed by atoms with van der Waals surface area (Å²) < 4.78 is 5.19. The lowest BCUT2D eigenvalue weighted by atomic mass is 9.92. The highest BCUT2D eigenvalue weighted by Gasteiger charge is 2.25. The van der Waals surface area contributed by atoms with Gasteiger partial charge in [-0.15, -0.1) is 6.58 Å². The van der Waals surface area contributed by atoms with Crippen LogP contribution in [0.25, 0.3) is 0 Å². The van der Waals surface area contributed by atoms with E-state index in [-0.39, 0.29) is 6.61 Å². The second-order valence-corrected chi connectivity index (χ2v) is 5.38. The fourth-order valence-electron chi connectivity index (χ4n) is 2.34. The van der Waals surface area contributed by atoms with Gasteiger partial charge in [-0.2, -0.15) is 0 Å². The maximum atomic E-state index is 12.2. The molecule has 0 aliphatic rings. The van der Waals surface area contributed by atoms with Crippen molar-refractivity contribution in [3.05, 3.63) is 84.4 Å². The molecule has 0 aliphatic carbocycles. The van der Waals surface area contributed by atoms with Crippen molar-refractivity contribution in [1.82, 2.24) is 0 Å². The van der Waals surface area contributed by atoms with Crippen molar-refractivity contribution in [2.75, 3.05) is 13.7 Å². The highest BCUT2D eigenvalue weighted by Crippen LogP contribution is 2.17. The first kappa shape index (κ1) is 18.6. The molecule has 0 aromatic heterocycles. The van der Waals surface area contributed by atoms with E-state index in [0.717, 1.165) is 5.56 Å². The molecule has 0 saturated carbocycles. The molecule has 5 heteroatoms. The zero-order valence-corrected chi connectivity index (χ0v) is 14.0. The minimum atomic E-state index is -0.894. The monoisotopic (exact) mass is 339 g/mol. The number of benzene rings is 2. The molecule has 0 aliphatic heterocycles. The number of methoxy groups -OCH3 is 1. The average Bonchev–Trinajstić information content (AvgIpc) is 2.68. The van der Waals surface area contributed by atoms with Crippen LogP contribution in [-0.2, 0) is 9.57 Å². The highest BCUT2D eigenvalue weighted by molar-refractivity contribution is 6.03. The van der Waals surface area contributed by atoms with Crippen molar-refractivity contribution in [1.29, 1.82) is 0 Å². The van der Waals surface area contributed by atoms with Gasteiger partial charge in [-0.1, -0.05) is 59.8 Å². The zero-order chi connectivity index (χ0) is 18.1. The van der Waals surface area contributed by atoms with E-state index in [4.69, 9.17) is 9.57 Å². The Labute approximate surface area is 147 Å². The van der Waals surface area contributed by atoms with Crippen molar-refractivity contribution in [2.45, 2.75) is 6.10 Å². The number of carbonyl (C=O) groups is 1. The Morgan fingerprint density at radius 1 is 1.12 bits per heavy atom. The number of rotatable bonds is 8. The predicted octanol–water partition coefficient (Wildman–Crippen LogP) is 3.06. The lowest BCUT2D eigenvalue weighted by Crippen LogP contribution is -2.32. The van der Waals surface area contributed by atoms with Gasteiger partial charge >= 0.3 is 5.97 Å². The molecule has 0 fully saturated rings. The number of carbonyl (C=O) groups excluding carboxylic acids is 1. The summed E-state index contributed by atoms with van der Waals surface area (Å²) in [5, 5.41) is 14.3. The minimum absolute atomic E-state index is 0.198. The van der Waals surface area contributed by atoms with Crippen molar-refractivity contribution in [2.24, 2.45) is 11.1 Å². The molecule has 0 bridgehead atoms. The van der Waals surface area contributed by atoms with Crippen LogP contribution in [0.5, 0.6) is 0 Å². The van der Waals surface area contributed by atoms with Crippen LogP contribution in [0.1, 0.15) is 15.9 Å². The first-order chi connectivity index (χ1) is 12.2. The molecule has 25 heavy (non-hydrogen) atoms. The van der Waals surface area contributed by atoms with E-state index >= 15 is 0 Å². The van der Waals surface area contributed by atoms with Crippen molar-refractivity contribution >= 4 is 11.7 Å². The second kappa shape index (κ2) is 9.52. The van der Waals surface area contributed by atoms with Crippen LogP contribution >= 0.6 is 0 Å². The van der Waals surface area contributed by atoms with Gasteiger partial charge in [0.2, 0.25) is 0 Å². The number of aliphatic hydroxyl groups is 1. The number of aliphatic hydroxyl groups excluding tert-OH is 1. The predicted molar refractivity (Wildman–Crippen MR) is 96.4 cm³/mol. The van der Waals surface area contributed by atoms with Crippen LogP contribution in [0.15, 0.2) is 78.5 Å². The van der Waals surface area contributed by atoms with Crippen molar-refractivity contribution < 1.29 is 19.5 Å². The number of hydrogen-bond donors (Lipinski definition) is 1. The lowest BCUT2D eigenvalue weighted by molar-refractivity contribution is 0.0503. The lowest BCUT2D eigenvalue weighted by Gasteiger charge is -2.21. The van der Waals surface area contributed by atoms with Gasteiger partial charge in [-0.05, 0) is 17.7 Å². The van der Waals surface area contributed by atoms with Crippen molar-refractivity contribution in [3.63, 3.8) is 0 Å². The van der Waals surface area contributed by atoms with Gasteiger partial charge in [0.1, 0.15) is 0 Å². The van der Waals surface area contributed by atoms with Crippen LogP contribution in [0.3, 0.4) is 0 Å². The third-order valence-corrected chi connectivity index (χ3v) is 3.66. The van der Waals surface area contributed by atoms with E-state index in [1.54, 1.807) is 24.3 Å². The van der Waals surface area contributed by atoms with Crippen LogP contribution < -0.4 is 0 Å². The molecule has 5 nitrogen and oxygen atoms in total. The molecule has 2 aromatic rings. The van der Waals surface area contributed by atoms with Gasteiger partial charge < -0.3 is 14.7 Å². The Balaban J connectivity index is 2.33. The highest BCUT2D eigenvalue weighted by atomic mass is 16.7. The van der Waals surface area contributed by atoms with E-state index in [2.05, 4.69) is 11.7 Å². The summed E-state index contributed by atoms with van der Waals surface area (Å²) in [5.41, 5.74) is 1.54. The standard InChI is InChI=1S/C20H21NO4/c1-3-18(22)17(14-24-2)19(15-10-6-4-7-11-15)21-25-20(23)16-12-8-5-9-13-16/h3-13,17-18,22H,1,14H2,2H3. The number of ether oxygens (including phenoxy) is 1. The van der Waals surface area contributed by atoms with E-state index in [0.29, 0.717) is 11.3 Å². The summed E-state index contributed by atoms with van der Waals surface area (Å²) >= 11 is 0. The fraction of sp³-hybridized carbons (Fsp3) is 0.200. The topological polar surface area (TPSA) is 68.1 Å². The van der Waals surface area contributed by atoms with E-state index in [1.807, 2.05) is 36.4 Å². The molecule has 2 aromatic carbocycles. The summed E-state index contributed by atoms with van der Waals surface area (Å²) in [6.07, 6.45) is 0.510. The molecular weight excluding hydrogens is 318 g/mol. The quantitative estimate of drug-likeness (QED) is 0.347. The first-order valence-electron chi connectivity index (χ1n) is 7.86. The normalized spacial score (nSPS) is 13.8. The summed E-state index contributed by atoms with van der Waals surface area (Å²) in [6, 6.07) is 17.8. The van der Waals surface area contributed by atoms with Gasteiger partial charge in [0.15, 0.2) is 0 Å². The Bertz CT molecular complexity index is 713. The minimum Gasteiger partial charge on any atom is -0.388 e. The van der Waals surface area contributed by atoms with Crippen molar-refractivity contribution in [3.8, 4) is 0 Å². The maximum absolute atomic E-state index is 12.2. The summed E-state index contributed by atoms with van der Waals surface area (Å²) in [5.74, 6) is -1.09. The molecule has 130 valence electrons. The van der Waals surface area contributed by atoms with Gasteiger partial charge in [0.25, 0.3) is 0 Å².